The number of carbonyl (C=O) groups is 1. The van der Waals surface area contributed by atoms with Crippen LogP contribution in [0.1, 0.15) is 71.1 Å². The second-order valence-corrected chi connectivity index (χ2v) is 13.0. The fourth-order valence-corrected chi connectivity index (χ4v) is 7.68. The molecule has 2 aliphatic heterocycles. The van der Waals surface area contributed by atoms with Crippen molar-refractivity contribution >= 4 is 28.8 Å². The van der Waals surface area contributed by atoms with E-state index < -0.39 is 35.2 Å². The molecule has 232 valence electrons. The summed E-state index contributed by atoms with van der Waals surface area (Å²) >= 11 is -1.51. The SMILES string of the molecule is Cc1cnc2c(c1)[S+]([O-])N(Cc1nc(C(CC(=O)O)c3ccn4c(C(F)(F)F)nnc4c3C)ccc1C)CC1CCCCN21. The average molecular weight is 628 g/mol. The Hall–Kier alpha value is -3.75. The summed E-state index contributed by atoms with van der Waals surface area (Å²) in [5.74, 6) is -2.24. The highest BCUT2D eigenvalue weighted by Gasteiger charge is 2.40. The average Bonchev–Trinajstić information content (AvgIpc) is 3.39. The monoisotopic (exact) mass is 627 g/mol. The quantitative estimate of drug-likeness (QED) is 0.295. The summed E-state index contributed by atoms with van der Waals surface area (Å²) in [5, 5.41) is 16.9. The Balaban J connectivity index is 1.37. The first-order valence-corrected chi connectivity index (χ1v) is 15.5. The number of carboxylic acid groups (broad SMARTS) is 1. The van der Waals surface area contributed by atoms with Crippen LogP contribution < -0.4 is 4.90 Å². The zero-order valence-electron chi connectivity index (χ0n) is 24.5. The van der Waals surface area contributed by atoms with E-state index in [9.17, 15) is 27.6 Å². The van der Waals surface area contributed by atoms with E-state index >= 15 is 0 Å². The van der Waals surface area contributed by atoms with E-state index in [-0.39, 0.29) is 24.7 Å². The van der Waals surface area contributed by atoms with Crippen molar-refractivity contribution in [3.63, 3.8) is 0 Å². The molecule has 14 heteroatoms. The Kier molecular flexibility index (Phi) is 8.01. The van der Waals surface area contributed by atoms with Crippen LogP contribution in [-0.2, 0) is 28.9 Å². The minimum absolute atomic E-state index is 0.00267. The van der Waals surface area contributed by atoms with Gasteiger partial charge in [0.05, 0.1) is 36.6 Å². The Morgan fingerprint density at radius 3 is 2.73 bits per heavy atom. The maximum Gasteiger partial charge on any atom is 0.452 e. The number of hydrogen-bond donors (Lipinski definition) is 1. The fourth-order valence-electron chi connectivity index (χ4n) is 6.24. The first-order chi connectivity index (χ1) is 20.9. The fraction of sp³-hybridized carbons (Fsp3) is 0.433. The topological polar surface area (TPSA) is 123 Å². The largest absolute Gasteiger partial charge is 0.593 e. The van der Waals surface area contributed by atoms with E-state index in [2.05, 4.69) is 20.1 Å². The summed E-state index contributed by atoms with van der Waals surface area (Å²) in [6, 6.07) is 7.14. The van der Waals surface area contributed by atoms with Gasteiger partial charge in [-0.3, -0.25) is 14.2 Å². The minimum Gasteiger partial charge on any atom is -0.593 e. The highest BCUT2D eigenvalue weighted by Crippen LogP contribution is 2.37. The van der Waals surface area contributed by atoms with Crippen LogP contribution in [0.2, 0.25) is 0 Å². The highest BCUT2D eigenvalue weighted by atomic mass is 32.2. The lowest BCUT2D eigenvalue weighted by atomic mass is 9.89. The van der Waals surface area contributed by atoms with Crippen molar-refractivity contribution in [1.82, 2.24) is 28.9 Å². The Labute approximate surface area is 255 Å². The molecule has 0 bridgehead atoms. The normalized spacial score (nSPS) is 19.8. The molecule has 0 radical (unpaired) electrons. The van der Waals surface area contributed by atoms with Gasteiger partial charge in [0, 0.05) is 42.7 Å². The summed E-state index contributed by atoms with van der Waals surface area (Å²) in [6.45, 7) is 7.10. The Bertz CT molecular complexity index is 1730. The first-order valence-electron chi connectivity index (χ1n) is 14.4. The molecule has 3 unspecified atom stereocenters. The molecule has 0 aliphatic carbocycles. The van der Waals surface area contributed by atoms with Crippen LogP contribution in [0.4, 0.5) is 19.0 Å². The maximum absolute atomic E-state index is 14.0. The number of carboxylic acids is 1. The molecule has 0 saturated carbocycles. The van der Waals surface area contributed by atoms with Gasteiger partial charge in [-0.25, -0.2) is 4.98 Å². The van der Waals surface area contributed by atoms with E-state index in [0.29, 0.717) is 34.0 Å². The van der Waals surface area contributed by atoms with Gasteiger partial charge in [0.1, 0.15) is 0 Å². The summed E-state index contributed by atoms with van der Waals surface area (Å²) < 4.78 is 57.2. The Morgan fingerprint density at radius 1 is 1.18 bits per heavy atom. The van der Waals surface area contributed by atoms with Crippen molar-refractivity contribution in [3.05, 3.63) is 76.1 Å². The first kappa shape index (κ1) is 30.3. The smallest absolute Gasteiger partial charge is 0.452 e. The van der Waals surface area contributed by atoms with Crippen molar-refractivity contribution < 1.29 is 27.6 Å². The molecular weight excluding hydrogens is 595 g/mol. The van der Waals surface area contributed by atoms with E-state index in [1.807, 2.05) is 30.3 Å². The third-order valence-electron chi connectivity index (χ3n) is 8.49. The summed E-state index contributed by atoms with van der Waals surface area (Å²) in [6.07, 6.45) is 1.06. The second kappa shape index (κ2) is 11.6. The standard InChI is InChI=1S/C30H32F3N7O3S/c1-17-12-25-28(34-14-17)39-10-5-4-6-20(39)15-38(44(25)43)16-24-18(2)7-8-23(35-24)22(13-26(41)42)21-9-11-40-27(19(21)3)36-37-29(40)30(31,32)33/h7-9,11-12,14,20,22H,4-6,10,13,15-16H2,1-3H3,(H,41,42). The molecular formula is C30H32F3N7O3S. The molecule has 10 nitrogen and oxygen atoms in total. The van der Waals surface area contributed by atoms with Crippen molar-refractivity contribution in [2.45, 2.75) is 76.0 Å². The molecule has 0 aromatic carbocycles. The number of piperidine rings is 1. The van der Waals surface area contributed by atoms with Crippen molar-refractivity contribution in [1.29, 1.82) is 0 Å². The van der Waals surface area contributed by atoms with Crippen molar-refractivity contribution in [2.24, 2.45) is 0 Å². The summed E-state index contributed by atoms with van der Waals surface area (Å²) in [7, 11) is 0. The van der Waals surface area contributed by atoms with Gasteiger partial charge in [-0.15, -0.1) is 14.5 Å². The lowest BCUT2D eigenvalue weighted by Crippen LogP contribution is -2.45. The maximum atomic E-state index is 14.0. The van der Waals surface area contributed by atoms with Crippen LogP contribution in [0.25, 0.3) is 5.65 Å². The van der Waals surface area contributed by atoms with Gasteiger partial charge in [0.25, 0.3) is 0 Å². The van der Waals surface area contributed by atoms with Crippen LogP contribution in [0.3, 0.4) is 0 Å². The molecule has 0 amide bonds. The van der Waals surface area contributed by atoms with Gasteiger partial charge < -0.3 is 14.6 Å². The zero-order chi connectivity index (χ0) is 31.3. The summed E-state index contributed by atoms with van der Waals surface area (Å²) in [5.41, 5.74) is 3.75. The molecule has 6 heterocycles. The molecule has 2 aliphatic rings. The number of aliphatic carboxylic acids is 1. The van der Waals surface area contributed by atoms with Gasteiger partial charge in [-0.05, 0) is 74.4 Å². The number of rotatable bonds is 6. The molecule has 4 aromatic heterocycles. The zero-order valence-corrected chi connectivity index (χ0v) is 25.3. The van der Waals surface area contributed by atoms with Crippen LogP contribution in [-0.4, -0.2) is 63.6 Å². The molecule has 4 aromatic rings. The molecule has 3 atom stereocenters. The highest BCUT2D eigenvalue weighted by molar-refractivity contribution is 7.89. The van der Waals surface area contributed by atoms with E-state index in [1.165, 1.54) is 12.3 Å². The number of hydrogen-bond acceptors (Lipinski definition) is 8. The molecule has 1 saturated heterocycles. The number of nitrogens with zero attached hydrogens (tertiary/aromatic N) is 7. The number of halogens is 3. The third-order valence-corrected chi connectivity index (χ3v) is 9.91. The number of aryl methyl sites for hydroxylation is 3. The lowest BCUT2D eigenvalue weighted by Gasteiger charge is -2.35. The molecule has 0 spiro atoms. The van der Waals surface area contributed by atoms with Gasteiger partial charge in [-0.1, -0.05) is 6.07 Å². The van der Waals surface area contributed by atoms with Crippen molar-refractivity contribution in [3.8, 4) is 0 Å². The summed E-state index contributed by atoms with van der Waals surface area (Å²) in [4.78, 5) is 24.6. The number of anilines is 1. The van der Waals surface area contributed by atoms with E-state index in [1.54, 1.807) is 19.2 Å². The van der Waals surface area contributed by atoms with E-state index in [0.717, 1.165) is 47.2 Å². The van der Waals surface area contributed by atoms with Crippen LogP contribution in [0, 0.1) is 20.8 Å². The predicted molar refractivity (Wildman–Crippen MR) is 157 cm³/mol. The molecule has 44 heavy (non-hydrogen) atoms. The third kappa shape index (κ3) is 5.61. The van der Waals surface area contributed by atoms with E-state index in [4.69, 9.17) is 4.98 Å². The van der Waals surface area contributed by atoms with Gasteiger partial charge in [-0.2, -0.15) is 13.2 Å². The number of pyridine rings is 3. The van der Waals surface area contributed by atoms with Crippen LogP contribution in [0.5, 0.6) is 0 Å². The number of fused-ring (bicyclic) bond motifs is 4. The lowest BCUT2D eigenvalue weighted by molar-refractivity contribution is -0.145. The van der Waals surface area contributed by atoms with Gasteiger partial charge >= 0.3 is 12.1 Å². The molecule has 1 N–H and O–H groups in total. The second-order valence-electron chi connectivity index (χ2n) is 11.5. The molecule has 6 rings (SSSR count). The Morgan fingerprint density at radius 2 is 1.98 bits per heavy atom. The van der Waals surface area contributed by atoms with Crippen LogP contribution >= 0.6 is 0 Å². The van der Waals surface area contributed by atoms with Crippen molar-refractivity contribution in [2.75, 3.05) is 18.0 Å². The minimum atomic E-state index is -4.70. The van der Waals surface area contributed by atoms with Gasteiger partial charge in [0.15, 0.2) is 11.5 Å². The van der Waals surface area contributed by atoms with Crippen LogP contribution in [0.15, 0.2) is 41.6 Å². The van der Waals surface area contributed by atoms with Gasteiger partial charge in [0.2, 0.25) is 10.7 Å². The number of aromatic nitrogens is 5. The molecule has 1 fully saturated rings. The predicted octanol–water partition coefficient (Wildman–Crippen LogP) is 4.97. The number of alkyl halides is 3.